The molecular formula is C11H13BrClNO. The van der Waals surface area contributed by atoms with Gasteiger partial charge in [-0.25, -0.2) is 0 Å². The minimum atomic E-state index is 0.159. The maximum Gasteiger partial charge on any atom is 0.151 e. The SMILES string of the molecule is CC(c1c(Br)ccc(C=O)c1Cl)N(C)C. The molecule has 0 fully saturated rings. The van der Waals surface area contributed by atoms with E-state index in [0.29, 0.717) is 10.6 Å². The first-order valence-electron chi connectivity index (χ1n) is 4.58. The molecule has 1 unspecified atom stereocenters. The van der Waals surface area contributed by atoms with Gasteiger partial charge in [-0.1, -0.05) is 27.5 Å². The predicted molar refractivity (Wildman–Crippen MR) is 66.6 cm³/mol. The standard InChI is InChI=1S/C11H13BrClNO/c1-7(14(2)3)10-9(12)5-4-8(6-15)11(10)13/h4-7H,1-3H3. The number of hydrogen-bond acceptors (Lipinski definition) is 2. The fraction of sp³-hybridized carbons (Fsp3) is 0.364. The third-order valence-electron chi connectivity index (χ3n) is 2.48. The van der Waals surface area contributed by atoms with Crippen LogP contribution in [0.1, 0.15) is 28.9 Å². The molecule has 0 aliphatic carbocycles. The summed E-state index contributed by atoms with van der Waals surface area (Å²) in [7, 11) is 3.95. The molecule has 0 bridgehead atoms. The Balaban J connectivity index is 3.32. The van der Waals surface area contributed by atoms with Crippen molar-refractivity contribution < 1.29 is 4.79 Å². The zero-order chi connectivity index (χ0) is 11.6. The molecule has 0 saturated heterocycles. The molecule has 0 N–H and O–H groups in total. The Hall–Kier alpha value is -0.380. The first-order chi connectivity index (χ1) is 6.99. The number of nitrogens with zero attached hydrogens (tertiary/aromatic N) is 1. The molecule has 82 valence electrons. The van der Waals surface area contributed by atoms with Gasteiger partial charge in [0.25, 0.3) is 0 Å². The zero-order valence-corrected chi connectivity index (χ0v) is 11.3. The van der Waals surface area contributed by atoms with Crippen molar-refractivity contribution in [2.75, 3.05) is 14.1 Å². The lowest BCUT2D eigenvalue weighted by Crippen LogP contribution is -2.18. The monoisotopic (exact) mass is 289 g/mol. The third kappa shape index (κ3) is 2.60. The molecule has 0 saturated carbocycles. The fourth-order valence-electron chi connectivity index (χ4n) is 1.32. The van der Waals surface area contributed by atoms with E-state index in [1.165, 1.54) is 0 Å². The van der Waals surface area contributed by atoms with Gasteiger partial charge in [0.2, 0.25) is 0 Å². The molecule has 2 nitrogen and oxygen atoms in total. The first-order valence-corrected chi connectivity index (χ1v) is 5.75. The van der Waals surface area contributed by atoms with Crippen LogP contribution >= 0.6 is 27.5 Å². The smallest absolute Gasteiger partial charge is 0.151 e. The second-order valence-electron chi connectivity index (χ2n) is 3.62. The lowest BCUT2D eigenvalue weighted by Gasteiger charge is -2.23. The lowest BCUT2D eigenvalue weighted by atomic mass is 10.0. The molecule has 15 heavy (non-hydrogen) atoms. The van der Waals surface area contributed by atoms with Gasteiger partial charge in [0.1, 0.15) is 0 Å². The van der Waals surface area contributed by atoms with Crippen molar-refractivity contribution in [1.82, 2.24) is 4.90 Å². The first kappa shape index (κ1) is 12.7. The molecule has 0 aliphatic rings. The number of hydrogen-bond donors (Lipinski definition) is 0. The van der Waals surface area contributed by atoms with Crippen LogP contribution in [-0.2, 0) is 0 Å². The second kappa shape index (κ2) is 5.10. The van der Waals surface area contributed by atoms with Crippen molar-refractivity contribution in [3.63, 3.8) is 0 Å². The predicted octanol–water partition coefficient (Wildman–Crippen LogP) is 3.54. The average molecular weight is 291 g/mol. The second-order valence-corrected chi connectivity index (χ2v) is 4.85. The summed E-state index contributed by atoms with van der Waals surface area (Å²) in [5, 5.41) is 0.528. The summed E-state index contributed by atoms with van der Waals surface area (Å²) in [6, 6.07) is 3.72. The molecule has 0 spiro atoms. The van der Waals surface area contributed by atoms with Gasteiger partial charge in [0, 0.05) is 21.6 Å². The van der Waals surface area contributed by atoms with E-state index >= 15 is 0 Å². The van der Waals surface area contributed by atoms with E-state index in [1.54, 1.807) is 6.07 Å². The zero-order valence-electron chi connectivity index (χ0n) is 8.92. The number of aldehydes is 1. The summed E-state index contributed by atoms with van der Waals surface area (Å²) in [5.41, 5.74) is 1.48. The molecule has 1 aromatic rings. The largest absolute Gasteiger partial charge is 0.303 e. The van der Waals surface area contributed by atoms with Crippen LogP contribution in [0.3, 0.4) is 0 Å². The molecule has 0 aliphatic heterocycles. The van der Waals surface area contributed by atoms with Gasteiger partial charge in [-0.2, -0.15) is 0 Å². The van der Waals surface area contributed by atoms with Crippen LogP contribution in [0.4, 0.5) is 0 Å². The van der Waals surface area contributed by atoms with Crippen LogP contribution in [0.2, 0.25) is 5.02 Å². The van der Waals surface area contributed by atoms with E-state index in [-0.39, 0.29) is 6.04 Å². The topological polar surface area (TPSA) is 20.3 Å². The van der Waals surface area contributed by atoms with Crippen LogP contribution in [0.15, 0.2) is 16.6 Å². The number of rotatable bonds is 3. The summed E-state index contributed by atoms with van der Waals surface area (Å²) in [5.74, 6) is 0. The van der Waals surface area contributed by atoms with E-state index in [0.717, 1.165) is 16.3 Å². The maximum absolute atomic E-state index is 10.8. The molecule has 0 heterocycles. The number of carbonyl (C=O) groups is 1. The van der Waals surface area contributed by atoms with E-state index in [4.69, 9.17) is 11.6 Å². The number of halogens is 2. The van der Waals surface area contributed by atoms with E-state index in [9.17, 15) is 4.79 Å². The summed E-state index contributed by atoms with van der Waals surface area (Å²) < 4.78 is 0.930. The molecule has 4 heteroatoms. The minimum Gasteiger partial charge on any atom is -0.303 e. The lowest BCUT2D eigenvalue weighted by molar-refractivity contribution is 0.112. The van der Waals surface area contributed by atoms with Gasteiger partial charge >= 0.3 is 0 Å². The number of carbonyl (C=O) groups excluding carboxylic acids is 1. The highest BCUT2D eigenvalue weighted by atomic mass is 79.9. The summed E-state index contributed by atoms with van der Waals surface area (Å²) in [4.78, 5) is 12.8. The highest BCUT2D eigenvalue weighted by Crippen LogP contribution is 2.34. The van der Waals surface area contributed by atoms with Crippen molar-refractivity contribution in [3.05, 3.63) is 32.8 Å². The Morgan fingerprint density at radius 1 is 1.47 bits per heavy atom. The highest BCUT2D eigenvalue weighted by Gasteiger charge is 2.17. The fourth-order valence-corrected chi connectivity index (χ4v) is 2.46. The molecule has 1 aromatic carbocycles. The Morgan fingerprint density at radius 2 is 2.07 bits per heavy atom. The van der Waals surface area contributed by atoms with Gasteiger partial charge in [-0.15, -0.1) is 0 Å². The van der Waals surface area contributed by atoms with Crippen molar-refractivity contribution in [2.45, 2.75) is 13.0 Å². The van der Waals surface area contributed by atoms with Gasteiger partial charge < -0.3 is 4.90 Å². The van der Waals surface area contributed by atoms with Gasteiger partial charge in [-0.05, 0) is 33.2 Å². The van der Waals surface area contributed by atoms with E-state index < -0.39 is 0 Å². The van der Waals surface area contributed by atoms with E-state index in [1.807, 2.05) is 32.0 Å². The number of benzene rings is 1. The molecule has 0 aromatic heterocycles. The van der Waals surface area contributed by atoms with Crippen molar-refractivity contribution >= 4 is 33.8 Å². The van der Waals surface area contributed by atoms with Crippen molar-refractivity contribution in [2.24, 2.45) is 0 Å². The highest BCUT2D eigenvalue weighted by molar-refractivity contribution is 9.10. The minimum absolute atomic E-state index is 0.159. The Morgan fingerprint density at radius 3 is 2.53 bits per heavy atom. The Kier molecular flexibility index (Phi) is 4.32. The summed E-state index contributed by atoms with van der Waals surface area (Å²) in [6.07, 6.45) is 0.778. The quantitative estimate of drug-likeness (QED) is 0.794. The molecule has 0 amide bonds. The van der Waals surface area contributed by atoms with Gasteiger partial charge in [0.15, 0.2) is 6.29 Å². The normalized spacial score (nSPS) is 12.9. The van der Waals surface area contributed by atoms with Gasteiger partial charge in [0.05, 0.1) is 5.02 Å². The van der Waals surface area contributed by atoms with Crippen LogP contribution < -0.4 is 0 Å². The van der Waals surface area contributed by atoms with Gasteiger partial charge in [-0.3, -0.25) is 4.79 Å². The summed E-state index contributed by atoms with van der Waals surface area (Å²) in [6.45, 7) is 2.04. The molecular weight excluding hydrogens is 277 g/mol. The van der Waals surface area contributed by atoms with Crippen LogP contribution in [0.25, 0.3) is 0 Å². The molecule has 1 atom stereocenters. The van der Waals surface area contributed by atoms with Crippen LogP contribution in [-0.4, -0.2) is 25.3 Å². The maximum atomic E-state index is 10.8. The van der Waals surface area contributed by atoms with Crippen LogP contribution in [0.5, 0.6) is 0 Å². The van der Waals surface area contributed by atoms with E-state index in [2.05, 4.69) is 15.9 Å². The average Bonchev–Trinajstić information content (AvgIpc) is 2.17. The third-order valence-corrected chi connectivity index (χ3v) is 3.59. The molecule has 0 radical (unpaired) electrons. The Labute approximate surface area is 103 Å². The van der Waals surface area contributed by atoms with Crippen molar-refractivity contribution in [1.29, 1.82) is 0 Å². The Bertz CT molecular complexity index is 379. The van der Waals surface area contributed by atoms with Crippen LogP contribution in [0, 0.1) is 0 Å². The molecule has 1 rings (SSSR count). The van der Waals surface area contributed by atoms with Crippen molar-refractivity contribution in [3.8, 4) is 0 Å². The summed E-state index contributed by atoms with van der Waals surface area (Å²) >= 11 is 9.62.